The molecule has 0 saturated heterocycles. The average Bonchev–Trinajstić information content (AvgIpc) is 2.00. The molecule has 1 N–H and O–H groups in total. The summed E-state index contributed by atoms with van der Waals surface area (Å²) in [5.41, 5.74) is -5.65. The van der Waals surface area contributed by atoms with E-state index in [1.54, 1.807) is 4.90 Å². The second-order valence-corrected chi connectivity index (χ2v) is 5.51. The molecule has 0 rings (SSSR count). The van der Waals surface area contributed by atoms with Crippen molar-refractivity contribution in [2.45, 2.75) is 52.2 Å². The highest BCUT2D eigenvalue weighted by molar-refractivity contribution is 7.86. The zero-order chi connectivity index (χ0) is 14.4. The van der Waals surface area contributed by atoms with Gasteiger partial charge in [-0.25, -0.2) is 8.42 Å². The van der Waals surface area contributed by atoms with Gasteiger partial charge in [-0.05, 0) is 34.6 Å². The molecule has 8 heteroatoms. The Hall–Kier alpha value is -0.340. The Morgan fingerprint density at radius 3 is 1.35 bits per heavy atom. The molecule has 0 aromatic heterocycles. The van der Waals surface area contributed by atoms with E-state index in [1.807, 2.05) is 0 Å². The number of quaternary nitrogens is 1. The maximum absolute atomic E-state index is 10.7. The van der Waals surface area contributed by atoms with E-state index in [-0.39, 0.29) is 0 Å². The van der Waals surface area contributed by atoms with Gasteiger partial charge in [-0.15, -0.1) is 0 Å². The molecule has 0 bridgehead atoms. The lowest BCUT2D eigenvalue weighted by atomic mass is 10.2. The van der Waals surface area contributed by atoms with Gasteiger partial charge in [0.1, 0.15) is 0 Å². The SMILES string of the molecule is CC[NH+](C(C)C)C(C)C.O=S(=O)([O-])C(F)(F)F. The summed E-state index contributed by atoms with van der Waals surface area (Å²) in [7, 11) is -6.09. The summed E-state index contributed by atoms with van der Waals surface area (Å²) >= 11 is 0. The number of hydrogen-bond acceptors (Lipinski definition) is 3. The summed E-state index contributed by atoms with van der Waals surface area (Å²) in [6.07, 6.45) is 0. The third-order valence-corrected chi connectivity index (χ3v) is 2.74. The van der Waals surface area contributed by atoms with Crippen molar-refractivity contribution in [2.24, 2.45) is 0 Å². The third kappa shape index (κ3) is 8.39. The molecule has 0 unspecified atom stereocenters. The number of rotatable bonds is 3. The molecular weight excluding hydrogens is 259 g/mol. The molecule has 0 aliphatic rings. The first kappa shape index (κ1) is 19.0. The highest BCUT2D eigenvalue weighted by Gasteiger charge is 2.36. The third-order valence-electron chi connectivity index (χ3n) is 2.17. The second-order valence-electron chi connectivity index (χ2n) is 4.14. The predicted octanol–water partition coefficient (Wildman–Crippen LogP) is 0.759. The Bertz CT molecular complexity index is 291. The van der Waals surface area contributed by atoms with Gasteiger partial charge in [-0.3, -0.25) is 0 Å². The molecule has 0 radical (unpaired) electrons. The smallest absolute Gasteiger partial charge is 0.485 e. The van der Waals surface area contributed by atoms with Crippen molar-refractivity contribution in [3.8, 4) is 0 Å². The van der Waals surface area contributed by atoms with Crippen LogP contribution in [0.2, 0.25) is 0 Å². The normalized spacial score (nSPS) is 12.9. The summed E-state index contributed by atoms with van der Waals surface area (Å²) < 4.78 is 58.9. The van der Waals surface area contributed by atoms with Crippen LogP contribution in [-0.4, -0.2) is 37.1 Å². The van der Waals surface area contributed by atoms with Crippen LogP contribution in [0.1, 0.15) is 34.6 Å². The molecule has 0 aliphatic heterocycles. The Labute approximate surface area is 101 Å². The molecule has 106 valence electrons. The van der Waals surface area contributed by atoms with Crippen molar-refractivity contribution >= 4 is 10.1 Å². The molecule has 0 aliphatic carbocycles. The quantitative estimate of drug-likeness (QED) is 0.613. The first-order valence-electron chi connectivity index (χ1n) is 5.22. The maximum Gasteiger partial charge on any atom is 0.485 e. The van der Waals surface area contributed by atoms with E-state index in [9.17, 15) is 13.2 Å². The van der Waals surface area contributed by atoms with Gasteiger partial charge in [-0.1, -0.05) is 0 Å². The minimum Gasteiger partial charge on any atom is -0.741 e. The van der Waals surface area contributed by atoms with E-state index in [0.717, 1.165) is 12.1 Å². The van der Waals surface area contributed by atoms with Crippen LogP contribution in [0.25, 0.3) is 0 Å². The van der Waals surface area contributed by atoms with E-state index in [2.05, 4.69) is 34.6 Å². The van der Waals surface area contributed by atoms with E-state index in [1.165, 1.54) is 6.54 Å². The molecule has 0 aromatic carbocycles. The average molecular weight is 279 g/mol. The van der Waals surface area contributed by atoms with Crippen molar-refractivity contribution in [1.82, 2.24) is 0 Å². The Morgan fingerprint density at radius 2 is 1.35 bits per heavy atom. The van der Waals surface area contributed by atoms with Gasteiger partial charge < -0.3 is 9.45 Å². The van der Waals surface area contributed by atoms with Crippen LogP contribution >= 0.6 is 0 Å². The lowest BCUT2D eigenvalue weighted by Crippen LogP contribution is -3.17. The maximum atomic E-state index is 10.7. The van der Waals surface area contributed by atoms with E-state index < -0.39 is 15.6 Å². The minimum atomic E-state index is -6.09. The Balaban J connectivity index is 0. The van der Waals surface area contributed by atoms with Crippen molar-refractivity contribution in [1.29, 1.82) is 0 Å². The largest absolute Gasteiger partial charge is 0.741 e. The molecule has 0 saturated carbocycles. The molecule has 0 aromatic rings. The molecule has 0 spiro atoms. The first-order valence-corrected chi connectivity index (χ1v) is 6.63. The topological polar surface area (TPSA) is 61.6 Å². The molecule has 0 amide bonds. The predicted molar refractivity (Wildman–Crippen MR) is 57.5 cm³/mol. The van der Waals surface area contributed by atoms with Gasteiger partial charge >= 0.3 is 5.51 Å². The Kier molecular flexibility index (Phi) is 8.02. The van der Waals surface area contributed by atoms with Crippen molar-refractivity contribution in [3.63, 3.8) is 0 Å². The first-order chi connectivity index (χ1) is 7.34. The molecule has 4 nitrogen and oxygen atoms in total. The van der Waals surface area contributed by atoms with Gasteiger partial charge in [0.2, 0.25) is 0 Å². The van der Waals surface area contributed by atoms with E-state index in [0.29, 0.717) is 0 Å². The van der Waals surface area contributed by atoms with Gasteiger partial charge in [0, 0.05) is 0 Å². The molecule has 0 heterocycles. The van der Waals surface area contributed by atoms with Gasteiger partial charge in [0.15, 0.2) is 10.1 Å². The fourth-order valence-corrected chi connectivity index (χ4v) is 1.48. The number of nitrogens with one attached hydrogen (secondary N) is 1. The highest BCUT2D eigenvalue weighted by atomic mass is 32.2. The van der Waals surface area contributed by atoms with Gasteiger partial charge in [-0.2, -0.15) is 13.2 Å². The highest BCUT2D eigenvalue weighted by Crippen LogP contribution is 2.20. The van der Waals surface area contributed by atoms with Crippen molar-refractivity contribution in [2.75, 3.05) is 6.54 Å². The zero-order valence-corrected chi connectivity index (χ0v) is 11.4. The summed E-state index contributed by atoms with van der Waals surface area (Å²) in [6.45, 7) is 12.6. The van der Waals surface area contributed by atoms with Crippen LogP contribution in [0, 0.1) is 0 Å². The standard InChI is InChI=1S/C8H19N.CHF3O3S/c1-6-9(7(2)3)8(4)5;2-1(3,4)8(5,6)7/h7-8H,6H2,1-5H3;(H,5,6,7). The molecule has 0 atom stereocenters. The zero-order valence-electron chi connectivity index (χ0n) is 10.6. The van der Waals surface area contributed by atoms with Crippen LogP contribution in [0.4, 0.5) is 13.2 Å². The van der Waals surface area contributed by atoms with Crippen LogP contribution in [0.15, 0.2) is 0 Å². The second kappa shape index (κ2) is 7.17. The van der Waals surface area contributed by atoms with Crippen LogP contribution in [0.3, 0.4) is 0 Å². The van der Waals surface area contributed by atoms with E-state index in [4.69, 9.17) is 13.0 Å². The number of alkyl halides is 3. The fraction of sp³-hybridized carbons (Fsp3) is 1.00. The lowest BCUT2D eigenvalue weighted by molar-refractivity contribution is -0.940. The summed E-state index contributed by atoms with van der Waals surface area (Å²) in [6, 6.07) is 1.55. The molecule has 17 heavy (non-hydrogen) atoms. The summed E-state index contributed by atoms with van der Waals surface area (Å²) in [4.78, 5) is 1.69. The minimum absolute atomic E-state index is 0.773. The van der Waals surface area contributed by atoms with Crippen LogP contribution < -0.4 is 4.90 Å². The van der Waals surface area contributed by atoms with Crippen molar-refractivity contribution in [3.05, 3.63) is 0 Å². The van der Waals surface area contributed by atoms with Gasteiger partial charge in [0.25, 0.3) is 0 Å². The number of halogens is 3. The Morgan fingerprint density at radius 1 is 1.12 bits per heavy atom. The molecular formula is C9H20F3NO3S. The van der Waals surface area contributed by atoms with E-state index >= 15 is 0 Å². The van der Waals surface area contributed by atoms with Crippen molar-refractivity contribution < 1.29 is 31.0 Å². The fourth-order valence-electron chi connectivity index (χ4n) is 1.48. The van der Waals surface area contributed by atoms with Crippen LogP contribution in [0.5, 0.6) is 0 Å². The number of hydrogen-bond donors (Lipinski definition) is 1. The monoisotopic (exact) mass is 279 g/mol. The molecule has 0 fully saturated rings. The van der Waals surface area contributed by atoms with Crippen LogP contribution in [-0.2, 0) is 10.1 Å². The summed E-state index contributed by atoms with van der Waals surface area (Å²) in [5, 5.41) is 0. The summed E-state index contributed by atoms with van der Waals surface area (Å²) in [5.74, 6) is 0. The lowest BCUT2D eigenvalue weighted by Gasteiger charge is -2.25. The van der Waals surface area contributed by atoms with Gasteiger partial charge in [0.05, 0.1) is 18.6 Å².